The van der Waals surface area contributed by atoms with Crippen LogP contribution in [0.1, 0.15) is 51.9 Å². The smallest absolute Gasteiger partial charge is 0.239 e. The van der Waals surface area contributed by atoms with Gasteiger partial charge in [-0.2, -0.15) is 0 Å². The molecule has 0 spiro atoms. The molecule has 0 radical (unpaired) electrons. The number of carbonyl (C=O) groups excluding carboxylic acids is 1. The van der Waals surface area contributed by atoms with E-state index in [0.29, 0.717) is 11.9 Å². The second-order valence-electron chi connectivity index (χ2n) is 5.07. The summed E-state index contributed by atoms with van der Waals surface area (Å²) in [6.07, 6.45) is 8.48. The Morgan fingerprint density at radius 3 is 2.44 bits per heavy atom. The van der Waals surface area contributed by atoms with E-state index in [1.165, 1.54) is 38.5 Å². The number of carbonyl (C=O) groups is 1. The molecule has 2 rings (SSSR count). The van der Waals surface area contributed by atoms with Crippen LogP contribution in [0.15, 0.2) is 0 Å². The van der Waals surface area contributed by atoms with E-state index in [2.05, 4.69) is 17.1 Å². The predicted octanol–water partition coefficient (Wildman–Crippen LogP) is 1.92. The first-order valence-electron chi connectivity index (χ1n) is 6.86. The molecule has 0 bridgehead atoms. The number of nitrogens with zero attached hydrogens (tertiary/aromatic N) is 1. The van der Waals surface area contributed by atoms with Gasteiger partial charge in [0, 0.05) is 12.6 Å². The number of nitrogens with one attached hydrogen (secondary N) is 1. The summed E-state index contributed by atoms with van der Waals surface area (Å²) in [7, 11) is 0. The minimum atomic E-state index is 0.106. The topological polar surface area (TPSA) is 32.3 Å². The Balaban J connectivity index is 1.93. The van der Waals surface area contributed by atoms with Crippen molar-refractivity contribution in [3.63, 3.8) is 0 Å². The van der Waals surface area contributed by atoms with Crippen LogP contribution in [-0.4, -0.2) is 36.0 Å². The number of hydrogen-bond donors (Lipinski definition) is 1. The van der Waals surface area contributed by atoms with Crippen LogP contribution >= 0.6 is 0 Å². The number of amides is 1. The van der Waals surface area contributed by atoms with Crippen molar-refractivity contribution < 1.29 is 4.79 Å². The third-order valence-corrected chi connectivity index (χ3v) is 4.00. The molecule has 2 aliphatic rings. The first-order chi connectivity index (χ1) is 7.83. The Morgan fingerprint density at radius 1 is 1.19 bits per heavy atom. The average Bonchev–Trinajstić information content (AvgIpc) is 2.85. The summed E-state index contributed by atoms with van der Waals surface area (Å²) >= 11 is 0. The van der Waals surface area contributed by atoms with E-state index in [0.717, 1.165) is 19.5 Å². The first-order valence-corrected chi connectivity index (χ1v) is 6.86. The van der Waals surface area contributed by atoms with Crippen LogP contribution in [0.2, 0.25) is 0 Å². The fraction of sp³-hybridized carbons (Fsp3) is 0.923. The van der Waals surface area contributed by atoms with Crippen molar-refractivity contribution >= 4 is 5.91 Å². The highest BCUT2D eigenvalue weighted by Gasteiger charge is 2.30. The van der Waals surface area contributed by atoms with Crippen LogP contribution in [0.5, 0.6) is 0 Å². The molecular weight excluding hydrogens is 200 g/mol. The van der Waals surface area contributed by atoms with E-state index in [4.69, 9.17) is 0 Å². The maximum Gasteiger partial charge on any atom is 0.239 e. The van der Waals surface area contributed by atoms with Crippen molar-refractivity contribution in [2.75, 3.05) is 13.1 Å². The zero-order valence-corrected chi connectivity index (χ0v) is 10.4. The van der Waals surface area contributed by atoms with Crippen LogP contribution in [-0.2, 0) is 4.79 Å². The molecule has 3 heteroatoms. The molecule has 16 heavy (non-hydrogen) atoms. The monoisotopic (exact) mass is 224 g/mol. The first kappa shape index (κ1) is 11.9. The SMILES string of the molecule is CCN(C(=O)[C@H]1CCCCN1)C1CCCC1. The van der Waals surface area contributed by atoms with E-state index in [1.807, 2.05) is 0 Å². The van der Waals surface area contributed by atoms with Crippen molar-refractivity contribution in [3.8, 4) is 0 Å². The van der Waals surface area contributed by atoms with Gasteiger partial charge >= 0.3 is 0 Å². The Bertz CT molecular complexity index is 230. The van der Waals surface area contributed by atoms with Gasteiger partial charge in [0.05, 0.1) is 6.04 Å². The third kappa shape index (κ3) is 2.57. The highest BCUT2D eigenvalue weighted by atomic mass is 16.2. The molecule has 1 aliphatic heterocycles. The van der Waals surface area contributed by atoms with Crippen LogP contribution < -0.4 is 5.32 Å². The minimum absolute atomic E-state index is 0.106. The van der Waals surface area contributed by atoms with Crippen LogP contribution in [0, 0.1) is 0 Å². The molecule has 1 heterocycles. The largest absolute Gasteiger partial charge is 0.339 e. The molecule has 0 aromatic carbocycles. The zero-order valence-electron chi connectivity index (χ0n) is 10.4. The molecule has 1 saturated heterocycles. The van der Waals surface area contributed by atoms with E-state index in [-0.39, 0.29) is 6.04 Å². The van der Waals surface area contributed by atoms with Gasteiger partial charge in [0.15, 0.2) is 0 Å². The lowest BCUT2D eigenvalue weighted by molar-refractivity contribution is -0.136. The van der Waals surface area contributed by atoms with Crippen molar-refractivity contribution in [3.05, 3.63) is 0 Å². The molecule has 0 unspecified atom stereocenters. The van der Waals surface area contributed by atoms with Crippen LogP contribution in [0.3, 0.4) is 0 Å². The lowest BCUT2D eigenvalue weighted by Gasteiger charge is -2.33. The standard InChI is InChI=1S/C13H24N2O/c1-2-15(11-7-3-4-8-11)13(16)12-9-5-6-10-14-12/h11-12,14H,2-10H2,1H3/t12-/m1/s1. The zero-order chi connectivity index (χ0) is 11.4. The highest BCUT2D eigenvalue weighted by Crippen LogP contribution is 2.24. The third-order valence-electron chi connectivity index (χ3n) is 4.00. The van der Waals surface area contributed by atoms with Crippen molar-refractivity contribution in [2.24, 2.45) is 0 Å². The van der Waals surface area contributed by atoms with Gasteiger partial charge in [-0.3, -0.25) is 4.79 Å². The summed E-state index contributed by atoms with van der Waals surface area (Å²) in [5.74, 6) is 0.356. The Morgan fingerprint density at radius 2 is 1.88 bits per heavy atom. The minimum Gasteiger partial charge on any atom is -0.339 e. The average molecular weight is 224 g/mol. The molecule has 3 nitrogen and oxygen atoms in total. The summed E-state index contributed by atoms with van der Waals surface area (Å²) in [5.41, 5.74) is 0. The van der Waals surface area contributed by atoms with Crippen LogP contribution in [0.25, 0.3) is 0 Å². The maximum absolute atomic E-state index is 12.4. The second kappa shape index (κ2) is 5.67. The second-order valence-corrected chi connectivity index (χ2v) is 5.07. The van der Waals surface area contributed by atoms with E-state index in [9.17, 15) is 4.79 Å². The molecule has 2 fully saturated rings. The molecule has 1 atom stereocenters. The molecule has 1 amide bonds. The summed E-state index contributed by atoms with van der Waals surface area (Å²) < 4.78 is 0. The Hall–Kier alpha value is -0.570. The summed E-state index contributed by atoms with van der Waals surface area (Å²) in [5, 5.41) is 3.37. The van der Waals surface area contributed by atoms with Gasteiger partial charge in [-0.15, -0.1) is 0 Å². The molecule has 1 aliphatic carbocycles. The fourth-order valence-corrected chi connectivity index (χ4v) is 3.07. The summed E-state index contributed by atoms with van der Waals surface area (Å²) in [6, 6.07) is 0.635. The molecule has 1 N–H and O–H groups in total. The maximum atomic E-state index is 12.4. The number of hydrogen-bond acceptors (Lipinski definition) is 2. The van der Waals surface area contributed by atoms with Gasteiger partial charge in [0.25, 0.3) is 0 Å². The highest BCUT2D eigenvalue weighted by molar-refractivity contribution is 5.82. The van der Waals surface area contributed by atoms with Gasteiger partial charge in [-0.05, 0) is 39.2 Å². The van der Waals surface area contributed by atoms with E-state index < -0.39 is 0 Å². The number of piperidine rings is 1. The van der Waals surface area contributed by atoms with Gasteiger partial charge in [0.1, 0.15) is 0 Å². The van der Waals surface area contributed by atoms with Crippen molar-refractivity contribution in [1.29, 1.82) is 0 Å². The summed E-state index contributed by atoms with van der Waals surface area (Å²) in [4.78, 5) is 14.5. The Kier molecular flexibility index (Phi) is 4.22. The van der Waals surface area contributed by atoms with Crippen molar-refractivity contribution in [1.82, 2.24) is 10.2 Å². The quantitative estimate of drug-likeness (QED) is 0.794. The molecule has 0 aromatic heterocycles. The summed E-state index contributed by atoms with van der Waals surface area (Å²) in [6.45, 7) is 4.00. The van der Waals surface area contributed by atoms with Gasteiger partial charge in [-0.1, -0.05) is 19.3 Å². The fourth-order valence-electron chi connectivity index (χ4n) is 3.07. The molecule has 1 saturated carbocycles. The molecule has 0 aromatic rings. The van der Waals surface area contributed by atoms with E-state index >= 15 is 0 Å². The lowest BCUT2D eigenvalue weighted by atomic mass is 10.0. The molecular formula is C13H24N2O. The van der Waals surface area contributed by atoms with Crippen molar-refractivity contribution in [2.45, 2.75) is 64.0 Å². The van der Waals surface area contributed by atoms with Crippen LogP contribution in [0.4, 0.5) is 0 Å². The number of rotatable bonds is 3. The Labute approximate surface area is 98.6 Å². The van der Waals surface area contributed by atoms with Gasteiger partial charge in [0.2, 0.25) is 5.91 Å². The lowest BCUT2D eigenvalue weighted by Crippen LogP contribution is -2.51. The van der Waals surface area contributed by atoms with Gasteiger partial charge in [-0.25, -0.2) is 0 Å². The van der Waals surface area contributed by atoms with Gasteiger partial charge < -0.3 is 10.2 Å². The molecule has 92 valence electrons. The predicted molar refractivity (Wildman–Crippen MR) is 65.3 cm³/mol. The number of likely N-dealkylation sites (N-methyl/N-ethyl adjacent to an activating group) is 1. The van der Waals surface area contributed by atoms with E-state index in [1.54, 1.807) is 0 Å². The normalized spacial score (nSPS) is 26.9.